The number of hydrogen-bond donors (Lipinski definition) is 2. The highest BCUT2D eigenvalue weighted by molar-refractivity contribution is 8.05. The lowest BCUT2D eigenvalue weighted by atomic mass is 10.1. The fourth-order valence-electron chi connectivity index (χ4n) is 2.84. The zero-order valence-electron chi connectivity index (χ0n) is 15.6. The smallest absolute Gasteiger partial charge is 0.215 e. The molecule has 2 fully saturated rings. The van der Waals surface area contributed by atoms with Gasteiger partial charge in [-0.15, -0.1) is 0 Å². The molecule has 0 aromatic carbocycles. The standard InChI is InChI=1S/C17H32N4O3S/c1-12(2)16(19-17(18)25(4,22)23)20-21(13(3)10-14-7-8-14)15-6-5-9-24-11-15/h12,14-16,20H,3,5-11H2,1-2,4H3,(H2,18,19). The van der Waals surface area contributed by atoms with Crippen LogP contribution >= 0.6 is 0 Å². The van der Waals surface area contributed by atoms with Crippen molar-refractivity contribution in [3.8, 4) is 0 Å². The molecule has 2 aliphatic rings. The summed E-state index contributed by atoms with van der Waals surface area (Å²) in [5.74, 6) is 0.782. The number of aliphatic imine (C=N–C) groups is 1. The summed E-state index contributed by atoms with van der Waals surface area (Å²) in [5, 5.41) is 1.72. The summed E-state index contributed by atoms with van der Waals surface area (Å²) in [6.07, 6.45) is 6.09. The van der Waals surface area contributed by atoms with Crippen molar-refractivity contribution < 1.29 is 13.2 Å². The number of hydrogen-bond acceptors (Lipinski definition) is 6. The molecule has 8 heteroatoms. The molecule has 1 saturated heterocycles. The van der Waals surface area contributed by atoms with Gasteiger partial charge in [0.15, 0.2) is 0 Å². The average molecular weight is 373 g/mol. The summed E-state index contributed by atoms with van der Waals surface area (Å²) in [6.45, 7) is 9.64. The molecule has 1 saturated carbocycles. The van der Waals surface area contributed by atoms with Gasteiger partial charge in [0.1, 0.15) is 6.17 Å². The van der Waals surface area contributed by atoms with E-state index in [0.717, 1.165) is 37.8 Å². The summed E-state index contributed by atoms with van der Waals surface area (Å²) in [7, 11) is -3.50. The third kappa shape index (κ3) is 6.27. The zero-order valence-corrected chi connectivity index (χ0v) is 16.4. The van der Waals surface area contributed by atoms with Crippen LogP contribution in [-0.4, -0.2) is 50.3 Å². The van der Waals surface area contributed by atoms with Crippen LogP contribution < -0.4 is 11.2 Å². The Bertz CT molecular complexity index is 593. The maximum absolute atomic E-state index is 11.6. The van der Waals surface area contributed by atoms with Crippen LogP contribution in [0.25, 0.3) is 0 Å². The Balaban J connectivity index is 2.16. The molecule has 3 N–H and O–H groups in total. The van der Waals surface area contributed by atoms with Crippen molar-refractivity contribution in [3.05, 3.63) is 12.3 Å². The molecule has 1 aliphatic heterocycles. The quantitative estimate of drug-likeness (QED) is 0.382. The van der Waals surface area contributed by atoms with E-state index in [0.29, 0.717) is 12.5 Å². The Labute approximate surface area is 151 Å². The molecule has 2 unspecified atom stereocenters. The maximum Gasteiger partial charge on any atom is 0.215 e. The molecular formula is C17H32N4O3S. The number of hydrazine groups is 1. The number of nitrogens with zero attached hydrogens (tertiary/aromatic N) is 2. The van der Waals surface area contributed by atoms with Crippen LogP contribution in [0.5, 0.6) is 0 Å². The topological polar surface area (TPSA) is 97.0 Å². The van der Waals surface area contributed by atoms with Gasteiger partial charge in [-0.2, -0.15) is 0 Å². The first kappa shape index (κ1) is 20.2. The molecule has 0 aromatic rings. The summed E-state index contributed by atoms with van der Waals surface area (Å²) < 4.78 is 28.9. The molecule has 7 nitrogen and oxygen atoms in total. The molecule has 2 rings (SSSR count). The van der Waals surface area contributed by atoms with Crippen molar-refractivity contribution in [3.63, 3.8) is 0 Å². The van der Waals surface area contributed by atoms with E-state index < -0.39 is 16.0 Å². The van der Waals surface area contributed by atoms with Crippen LogP contribution in [-0.2, 0) is 14.6 Å². The third-order valence-electron chi connectivity index (χ3n) is 4.61. The van der Waals surface area contributed by atoms with Crippen molar-refractivity contribution in [2.45, 2.75) is 58.2 Å². The van der Waals surface area contributed by atoms with E-state index in [-0.39, 0.29) is 17.1 Å². The monoisotopic (exact) mass is 372 g/mol. The molecule has 2 atom stereocenters. The molecule has 1 heterocycles. The van der Waals surface area contributed by atoms with E-state index in [2.05, 4.69) is 22.0 Å². The zero-order chi connectivity index (χ0) is 18.6. The van der Waals surface area contributed by atoms with Gasteiger partial charge >= 0.3 is 0 Å². The predicted molar refractivity (Wildman–Crippen MR) is 100 cm³/mol. The number of sulfone groups is 1. The highest BCUT2D eigenvalue weighted by Gasteiger charge is 2.30. The largest absolute Gasteiger partial charge is 0.379 e. The fourth-order valence-corrected chi connectivity index (χ4v) is 3.14. The first-order valence-electron chi connectivity index (χ1n) is 9.02. The second kappa shape index (κ2) is 8.51. The maximum atomic E-state index is 11.6. The Morgan fingerprint density at radius 1 is 1.40 bits per heavy atom. The first-order chi connectivity index (χ1) is 11.7. The van der Waals surface area contributed by atoms with E-state index in [1.54, 1.807) is 0 Å². The minimum absolute atomic E-state index is 0.0704. The minimum atomic E-state index is -3.50. The van der Waals surface area contributed by atoms with E-state index in [9.17, 15) is 8.42 Å². The highest BCUT2D eigenvalue weighted by atomic mass is 32.2. The lowest BCUT2D eigenvalue weighted by Gasteiger charge is -2.39. The molecule has 0 radical (unpaired) electrons. The Hall–Kier alpha value is -1.12. The van der Waals surface area contributed by atoms with Crippen LogP contribution in [0, 0.1) is 11.8 Å². The summed E-state index contributed by atoms with van der Waals surface area (Å²) in [6, 6.07) is 0.177. The molecule has 0 bridgehead atoms. The molecule has 0 aromatic heterocycles. The predicted octanol–water partition coefficient (Wildman–Crippen LogP) is 1.63. The third-order valence-corrected chi connectivity index (χ3v) is 5.48. The van der Waals surface area contributed by atoms with Gasteiger partial charge in [0.05, 0.1) is 12.6 Å². The second-order valence-electron chi connectivity index (χ2n) is 7.51. The normalized spacial score (nSPS) is 23.5. The lowest BCUT2D eigenvalue weighted by molar-refractivity contribution is 0.00150. The summed E-state index contributed by atoms with van der Waals surface area (Å²) in [5.41, 5.74) is 10.1. The molecule has 144 valence electrons. The number of ether oxygens (including phenoxy) is 1. The van der Waals surface area contributed by atoms with Crippen molar-refractivity contribution in [2.24, 2.45) is 22.6 Å². The van der Waals surface area contributed by atoms with Crippen molar-refractivity contribution >= 4 is 15.0 Å². The molecule has 0 amide bonds. The number of allylic oxidation sites excluding steroid dienone is 1. The Kier molecular flexibility index (Phi) is 6.87. The molecular weight excluding hydrogens is 340 g/mol. The number of nitrogens with two attached hydrogens (primary N) is 1. The van der Waals surface area contributed by atoms with Crippen molar-refractivity contribution in [2.75, 3.05) is 19.5 Å². The Morgan fingerprint density at radius 2 is 2.08 bits per heavy atom. The second-order valence-corrected chi connectivity index (χ2v) is 9.47. The highest BCUT2D eigenvalue weighted by Crippen LogP contribution is 2.36. The van der Waals surface area contributed by atoms with Gasteiger partial charge in [-0.25, -0.2) is 18.8 Å². The van der Waals surface area contributed by atoms with Gasteiger partial charge in [0.2, 0.25) is 15.0 Å². The first-order valence-corrected chi connectivity index (χ1v) is 10.9. The van der Waals surface area contributed by atoms with Crippen LogP contribution in [0.4, 0.5) is 0 Å². The Morgan fingerprint density at radius 3 is 2.56 bits per heavy atom. The lowest BCUT2D eigenvalue weighted by Crippen LogP contribution is -2.53. The van der Waals surface area contributed by atoms with Gasteiger partial charge in [0.25, 0.3) is 0 Å². The van der Waals surface area contributed by atoms with Crippen LogP contribution in [0.15, 0.2) is 17.3 Å². The van der Waals surface area contributed by atoms with Gasteiger partial charge in [0, 0.05) is 18.6 Å². The summed E-state index contributed by atoms with van der Waals surface area (Å²) in [4.78, 5) is 4.23. The number of nitrogens with one attached hydrogen (secondary N) is 1. The van der Waals surface area contributed by atoms with E-state index >= 15 is 0 Å². The average Bonchev–Trinajstić information content (AvgIpc) is 3.34. The van der Waals surface area contributed by atoms with E-state index in [1.165, 1.54) is 12.8 Å². The van der Waals surface area contributed by atoms with Gasteiger partial charge in [-0.05, 0) is 43.9 Å². The molecule has 1 aliphatic carbocycles. The van der Waals surface area contributed by atoms with Crippen LogP contribution in [0.2, 0.25) is 0 Å². The minimum Gasteiger partial charge on any atom is -0.379 e. The van der Waals surface area contributed by atoms with E-state index in [1.807, 2.05) is 13.8 Å². The van der Waals surface area contributed by atoms with Crippen LogP contribution in [0.1, 0.15) is 46.0 Å². The summed E-state index contributed by atoms with van der Waals surface area (Å²) >= 11 is 0. The van der Waals surface area contributed by atoms with Crippen molar-refractivity contribution in [1.29, 1.82) is 0 Å². The van der Waals surface area contributed by atoms with Gasteiger partial charge in [-0.3, -0.25) is 0 Å². The molecule has 25 heavy (non-hydrogen) atoms. The SMILES string of the molecule is C=C(CC1CC1)N(NC(N=C(N)S(C)(=O)=O)C(C)C)C1CCCOC1. The number of rotatable bonds is 8. The number of amidine groups is 1. The van der Waals surface area contributed by atoms with Crippen LogP contribution in [0.3, 0.4) is 0 Å². The fraction of sp³-hybridized carbons (Fsp3) is 0.824. The molecule has 0 spiro atoms. The van der Waals surface area contributed by atoms with Gasteiger partial charge < -0.3 is 15.5 Å². The van der Waals surface area contributed by atoms with Crippen molar-refractivity contribution in [1.82, 2.24) is 10.4 Å². The van der Waals surface area contributed by atoms with E-state index in [4.69, 9.17) is 10.5 Å². The van der Waals surface area contributed by atoms with Gasteiger partial charge in [-0.1, -0.05) is 20.4 Å².